The average Bonchev–Trinajstić information content (AvgIpc) is 2.45. The standard InChI is InChI=1S/C18H22N2O2/c1-12(2)15-9-5-7-13(3)18(15)19-16(21)11-20-14(4)8-6-10-17(20)22/h5-10,12H,11H2,1-4H3,(H,19,21). The van der Waals surface area contributed by atoms with Crippen molar-refractivity contribution in [2.75, 3.05) is 5.32 Å². The number of benzene rings is 1. The van der Waals surface area contributed by atoms with E-state index in [0.717, 1.165) is 22.5 Å². The van der Waals surface area contributed by atoms with Gasteiger partial charge in [-0.1, -0.05) is 38.1 Å². The van der Waals surface area contributed by atoms with Gasteiger partial charge in [0.2, 0.25) is 5.91 Å². The number of rotatable bonds is 4. The first-order valence-corrected chi connectivity index (χ1v) is 7.46. The SMILES string of the molecule is Cc1cccc(C(C)C)c1NC(=O)Cn1c(C)cccc1=O. The Hall–Kier alpha value is -2.36. The van der Waals surface area contributed by atoms with Crippen LogP contribution in [0.25, 0.3) is 0 Å². The first-order valence-electron chi connectivity index (χ1n) is 7.46. The predicted molar refractivity (Wildman–Crippen MR) is 89.3 cm³/mol. The fourth-order valence-corrected chi connectivity index (χ4v) is 2.49. The van der Waals surface area contributed by atoms with Crippen molar-refractivity contribution in [1.29, 1.82) is 0 Å². The number of pyridine rings is 1. The van der Waals surface area contributed by atoms with E-state index in [1.54, 1.807) is 6.07 Å². The minimum atomic E-state index is -0.187. The number of amides is 1. The van der Waals surface area contributed by atoms with Crippen LogP contribution >= 0.6 is 0 Å². The largest absolute Gasteiger partial charge is 0.324 e. The summed E-state index contributed by atoms with van der Waals surface area (Å²) in [6.07, 6.45) is 0. The Morgan fingerprint density at radius 2 is 1.82 bits per heavy atom. The van der Waals surface area contributed by atoms with E-state index in [4.69, 9.17) is 0 Å². The zero-order valence-corrected chi connectivity index (χ0v) is 13.5. The first-order chi connectivity index (χ1) is 10.4. The molecule has 0 saturated carbocycles. The maximum Gasteiger partial charge on any atom is 0.251 e. The van der Waals surface area contributed by atoms with Crippen LogP contribution in [0.5, 0.6) is 0 Å². The summed E-state index contributed by atoms with van der Waals surface area (Å²) in [6.45, 7) is 8.01. The fraction of sp³-hybridized carbons (Fsp3) is 0.333. The Morgan fingerprint density at radius 3 is 2.45 bits per heavy atom. The number of aryl methyl sites for hydroxylation is 2. The molecule has 0 radical (unpaired) electrons. The molecule has 0 fully saturated rings. The van der Waals surface area contributed by atoms with Crippen molar-refractivity contribution >= 4 is 11.6 Å². The lowest BCUT2D eigenvalue weighted by Crippen LogP contribution is -2.29. The Bertz CT molecular complexity index is 745. The number of anilines is 1. The topological polar surface area (TPSA) is 51.1 Å². The van der Waals surface area contributed by atoms with E-state index in [9.17, 15) is 9.59 Å². The number of hydrogen-bond donors (Lipinski definition) is 1. The second kappa shape index (κ2) is 6.60. The molecular formula is C18H22N2O2. The van der Waals surface area contributed by atoms with Gasteiger partial charge in [0.25, 0.3) is 5.56 Å². The summed E-state index contributed by atoms with van der Waals surface area (Å²) >= 11 is 0. The Kier molecular flexibility index (Phi) is 4.81. The van der Waals surface area contributed by atoms with Crippen molar-refractivity contribution < 1.29 is 4.79 Å². The molecule has 22 heavy (non-hydrogen) atoms. The molecule has 0 saturated heterocycles. The van der Waals surface area contributed by atoms with Crippen molar-refractivity contribution in [3.8, 4) is 0 Å². The molecule has 0 aliphatic rings. The first kappa shape index (κ1) is 16.0. The van der Waals surface area contributed by atoms with Crippen LogP contribution in [0.2, 0.25) is 0 Å². The molecule has 0 spiro atoms. The Morgan fingerprint density at radius 1 is 1.14 bits per heavy atom. The van der Waals surface area contributed by atoms with Crippen molar-refractivity contribution in [2.45, 2.75) is 40.2 Å². The molecule has 1 amide bonds. The third kappa shape index (κ3) is 3.45. The highest BCUT2D eigenvalue weighted by Gasteiger charge is 2.13. The summed E-state index contributed by atoms with van der Waals surface area (Å²) in [7, 11) is 0. The molecule has 4 heteroatoms. The van der Waals surface area contributed by atoms with E-state index < -0.39 is 0 Å². The van der Waals surface area contributed by atoms with Gasteiger partial charge >= 0.3 is 0 Å². The van der Waals surface area contributed by atoms with Crippen LogP contribution in [0, 0.1) is 13.8 Å². The Labute approximate surface area is 130 Å². The number of carbonyl (C=O) groups is 1. The van der Waals surface area contributed by atoms with Crippen molar-refractivity contribution in [3.63, 3.8) is 0 Å². The third-order valence-electron chi connectivity index (χ3n) is 3.76. The van der Waals surface area contributed by atoms with Crippen LogP contribution < -0.4 is 10.9 Å². The number of nitrogens with zero attached hydrogens (tertiary/aromatic N) is 1. The molecule has 2 rings (SSSR count). The lowest BCUT2D eigenvalue weighted by molar-refractivity contribution is -0.116. The number of nitrogens with one attached hydrogen (secondary N) is 1. The summed E-state index contributed by atoms with van der Waals surface area (Å²) in [5.74, 6) is 0.129. The minimum Gasteiger partial charge on any atom is -0.324 e. The molecule has 1 aromatic heterocycles. The Balaban J connectivity index is 2.25. The number of hydrogen-bond acceptors (Lipinski definition) is 2. The van der Waals surface area contributed by atoms with E-state index in [1.807, 2.05) is 38.1 Å². The molecule has 2 aromatic rings. The second-order valence-electron chi connectivity index (χ2n) is 5.83. The van der Waals surface area contributed by atoms with Gasteiger partial charge in [-0.15, -0.1) is 0 Å². The minimum absolute atomic E-state index is 0.0252. The summed E-state index contributed by atoms with van der Waals surface area (Å²) < 4.78 is 1.47. The molecule has 0 bridgehead atoms. The van der Waals surface area contributed by atoms with Crippen LogP contribution in [0.1, 0.15) is 36.6 Å². The van der Waals surface area contributed by atoms with Gasteiger partial charge < -0.3 is 9.88 Å². The summed E-state index contributed by atoms with van der Waals surface area (Å²) in [5, 5.41) is 2.96. The van der Waals surface area contributed by atoms with Crippen LogP contribution in [-0.4, -0.2) is 10.5 Å². The maximum absolute atomic E-state index is 12.3. The molecule has 0 atom stereocenters. The molecule has 1 heterocycles. The van der Waals surface area contributed by atoms with Crippen molar-refractivity contribution in [3.05, 3.63) is 63.6 Å². The summed E-state index contributed by atoms with van der Waals surface area (Å²) in [6, 6.07) is 11.0. The lowest BCUT2D eigenvalue weighted by Gasteiger charge is -2.17. The van der Waals surface area contributed by atoms with Crippen LogP contribution in [0.4, 0.5) is 5.69 Å². The van der Waals surface area contributed by atoms with Crippen LogP contribution in [0.3, 0.4) is 0 Å². The number of carbonyl (C=O) groups excluding carboxylic acids is 1. The summed E-state index contributed by atoms with van der Waals surface area (Å²) in [5.41, 5.74) is 3.59. The molecule has 1 N–H and O–H groups in total. The zero-order chi connectivity index (χ0) is 16.3. The molecule has 116 valence electrons. The molecule has 0 unspecified atom stereocenters. The van der Waals surface area contributed by atoms with E-state index in [2.05, 4.69) is 19.2 Å². The highest BCUT2D eigenvalue weighted by Crippen LogP contribution is 2.27. The highest BCUT2D eigenvalue weighted by atomic mass is 16.2. The lowest BCUT2D eigenvalue weighted by atomic mass is 9.98. The van der Waals surface area contributed by atoms with E-state index >= 15 is 0 Å². The number of para-hydroxylation sites is 1. The van der Waals surface area contributed by atoms with Gasteiger partial charge in [-0.25, -0.2) is 0 Å². The monoisotopic (exact) mass is 298 g/mol. The van der Waals surface area contributed by atoms with Gasteiger partial charge in [-0.3, -0.25) is 9.59 Å². The van der Waals surface area contributed by atoms with E-state index in [0.29, 0.717) is 5.92 Å². The molecule has 0 aliphatic heterocycles. The highest BCUT2D eigenvalue weighted by molar-refractivity contribution is 5.92. The predicted octanol–water partition coefficient (Wildman–Crippen LogP) is 3.23. The smallest absolute Gasteiger partial charge is 0.251 e. The summed E-state index contributed by atoms with van der Waals surface area (Å²) in [4.78, 5) is 24.2. The van der Waals surface area contributed by atoms with Crippen LogP contribution in [-0.2, 0) is 11.3 Å². The molecule has 0 aliphatic carbocycles. The molecule has 4 nitrogen and oxygen atoms in total. The fourth-order valence-electron chi connectivity index (χ4n) is 2.49. The second-order valence-corrected chi connectivity index (χ2v) is 5.83. The van der Waals surface area contributed by atoms with Gasteiger partial charge in [0.05, 0.1) is 0 Å². The van der Waals surface area contributed by atoms with Crippen molar-refractivity contribution in [1.82, 2.24) is 4.57 Å². The average molecular weight is 298 g/mol. The van der Waals surface area contributed by atoms with Gasteiger partial charge in [0.1, 0.15) is 6.54 Å². The van der Waals surface area contributed by atoms with Gasteiger partial charge in [-0.2, -0.15) is 0 Å². The van der Waals surface area contributed by atoms with Gasteiger partial charge in [-0.05, 0) is 37.0 Å². The maximum atomic E-state index is 12.3. The zero-order valence-electron chi connectivity index (χ0n) is 13.5. The molecular weight excluding hydrogens is 276 g/mol. The number of aromatic nitrogens is 1. The third-order valence-corrected chi connectivity index (χ3v) is 3.76. The van der Waals surface area contributed by atoms with E-state index in [1.165, 1.54) is 10.6 Å². The van der Waals surface area contributed by atoms with Crippen LogP contribution in [0.15, 0.2) is 41.2 Å². The van der Waals surface area contributed by atoms with Gasteiger partial charge in [0.15, 0.2) is 0 Å². The van der Waals surface area contributed by atoms with Gasteiger partial charge in [0, 0.05) is 17.4 Å². The normalized spacial score (nSPS) is 10.8. The van der Waals surface area contributed by atoms with Crippen molar-refractivity contribution in [2.24, 2.45) is 0 Å². The van der Waals surface area contributed by atoms with E-state index in [-0.39, 0.29) is 18.0 Å². The quantitative estimate of drug-likeness (QED) is 0.942. The molecule has 1 aromatic carbocycles.